The van der Waals surface area contributed by atoms with Crippen LogP contribution in [0.1, 0.15) is 21.6 Å². The number of benzene rings is 1. The number of hydrogen-bond donors (Lipinski definition) is 0. The van der Waals surface area contributed by atoms with Crippen molar-refractivity contribution in [1.29, 1.82) is 0 Å². The molecule has 0 saturated heterocycles. The van der Waals surface area contributed by atoms with Gasteiger partial charge in [-0.3, -0.25) is 9.78 Å². The monoisotopic (exact) mass is 326 g/mol. The molecule has 1 aromatic heterocycles. The number of para-hydroxylation sites is 1. The van der Waals surface area contributed by atoms with Gasteiger partial charge in [-0.1, -0.05) is 12.1 Å². The highest BCUT2D eigenvalue weighted by atomic mass is 16.5. The Hall–Kier alpha value is -2.56. The van der Waals surface area contributed by atoms with E-state index in [4.69, 9.17) is 9.47 Å². The maximum absolute atomic E-state index is 11.9. The third-order valence-electron chi connectivity index (χ3n) is 4.23. The van der Waals surface area contributed by atoms with Crippen molar-refractivity contribution in [3.8, 4) is 11.5 Å². The van der Waals surface area contributed by atoms with Crippen LogP contribution in [0, 0.1) is 5.92 Å². The molecule has 1 amide bonds. The minimum Gasteiger partial charge on any atom is -0.493 e. The number of amides is 1. The van der Waals surface area contributed by atoms with Crippen LogP contribution in [0.25, 0.3) is 0 Å². The van der Waals surface area contributed by atoms with E-state index in [1.165, 1.54) is 5.56 Å². The molecule has 2 heterocycles. The maximum Gasteiger partial charge on any atom is 0.254 e. The minimum atomic E-state index is -0.0314. The van der Waals surface area contributed by atoms with E-state index in [0.717, 1.165) is 30.0 Å². The summed E-state index contributed by atoms with van der Waals surface area (Å²) in [5.74, 6) is 1.98. The molecular weight excluding hydrogens is 304 g/mol. The lowest BCUT2D eigenvalue weighted by Crippen LogP contribution is -2.24. The molecule has 0 saturated carbocycles. The van der Waals surface area contributed by atoms with E-state index in [-0.39, 0.29) is 5.91 Å². The number of aromatic nitrogens is 1. The van der Waals surface area contributed by atoms with Gasteiger partial charge in [-0.05, 0) is 36.6 Å². The van der Waals surface area contributed by atoms with Crippen molar-refractivity contribution in [1.82, 2.24) is 9.88 Å². The van der Waals surface area contributed by atoms with Gasteiger partial charge in [0.05, 0.1) is 19.3 Å². The Labute approximate surface area is 142 Å². The third-order valence-corrected chi connectivity index (χ3v) is 4.23. The molecule has 126 valence electrons. The number of ether oxygens (including phenoxy) is 2. The Balaban J connectivity index is 1.68. The number of carbonyl (C=O) groups excluding carboxylic acids is 1. The topological polar surface area (TPSA) is 51.7 Å². The first-order chi connectivity index (χ1) is 11.6. The lowest BCUT2D eigenvalue weighted by molar-refractivity contribution is 0.0827. The number of nitrogens with zero attached hydrogens (tertiary/aromatic N) is 2. The maximum atomic E-state index is 11.9. The Kier molecular flexibility index (Phi) is 4.69. The summed E-state index contributed by atoms with van der Waals surface area (Å²) < 4.78 is 11.3. The molecule has 0 fully saturated rings. The SMILES string of the molecule is COc1cccc2c1OC[C@@H](Cc1ccc(C(=O)N(C)C)cn1)C2. The molecule has 0 N–H and O–H groups in total. The fourth-order valence-corrected chi connectivity index (χ4v) is 2.97. The Morgan fingerprint density at radius 3 is 2.83 bits per heavy atom. The number of hydrogen-bond acceptors (Lipinski definition) is 4. The first-order valence-electron chi connectivity index (χ1n) is 8.03. The molecule has 1 aromatic carbocycles. The van der Waals surface area contributed by atoms with Crippen LogP contribution in [0.5, 0.6) is 11.5 Å². The van der Waals surface area contributed by atoms with Crippen LogP contribution in [-0.4, -0.2) is 43.6 Å². The second-order valence-corrected chi connectivity index (χ2v) is 6.27. The van der Waals surface area contributed by atoms with Crippen LogP contribution in [0.15, 0.2) is 36.5 Å². The van der Waals surface area contributed by atoms with Crippen LogP contribution in [0.4, 0.5) is 0 Å². The van der Waals surface area contributed by atoms with E-state index in [2.05, 4.69) is 11.1 Å². The summed E-state index contributed by atoms with van der Waals surface area (Å²) in [5, 5.41) is 0. The summed E-state index contributed by atoms with van der Waals surface area (Å²) in [6.45, 7) is 0.646. The van der Waals surface area contributed by atoms with Gasteiger partial charge >= 0.3 is 0 Å². The molecule has 1 atom stereocenters. The van der Waals surface area contributed by atoms with Gasteiger partial charge in [-0.15, -0.1) is 0 Å². The van der Waals surface area contributed by atoms with Crippen molar-refractivity contribution in [2.24, 2.45) is 5.92 Å². The summed E-state index contributed by atoms with van der Waals surface area (Å²) in [4.78, 5) is 17.9. The molecule has 1 aliphatic heterocycles. The number of pyridine rings is 1. The van der Waals surface area contributed by atoms with E-state index in [1.807, 2.05) is 24.3 Å². The van der Waals surface area contributed by atoms with Crippen molar-refractivity contribution in [3.05, 3.63) is 53.3 Å². The van der Waals surface area contributed by atoms with Crippen molar-refractivity contribution >= 4 is 5.91 Å². The highest BCUT2D eigenvalue weighted by Gasteiger charge is 2.23. The van der Waals surface area contributed by atoms with Gasteiger partial charge in [0.2, 0.25) is 0 Å². The lowest BCUT2D eigenvalue weighted by Gasteiger charge is -2.26. The number of rotatable bonds is 4. The van der Waals surface area contributed by atoms with Crippen LogP contribution in [0.3, 0.4) is 0 Å². The van der Waals surface area contributed by atoms with Gasteiger partial charge in [0.15, 0.2) is 11.5 Å². The van der Waals surface area contributed by atoms with Gasteiger partial charge in [-0.25, -0.2) is 0 Å². The number of methoxy groups -OCH3 is 1. The molecule has 5 heteroatoms. The molecule has 2 aromatic rings. The summed E-state index contributed by atoms with van der Waals surface area (Å²) in [5.41, 5.74) is 2.76. The largest absolute Gasteiger partial charge is 0.493 e. The first kappa shape index (κ1) is 16.3. The highest BCUT2D eigenvalue weighted by Crippen LogP contribution is 2.36. The number of fused-ring (bicyclic) bond motifs is 1. The molecule has 0 aliphatic carbocycles. The fraction of sp³-hybridized carbons (Fsp3) is 0.368. The average molecular weight is 326 g/mol. The van der Waals surface area contributed by atoms with Gasteiger partial charge < -0.3 is 14.4 Å². The summed E-state index contributed by atoms with van der Waals surface area (Å²) >= 11 is 0. The minimum absolute atomic E-state index is 0.0314. The lowest BCUT2D eigenvalue weighted by atomic mass is 9.92. The normalized spacial score (nSPS) is 16.0. The van der Waals surface area contributed by atoms with E-state index in [1.54, 1.807) is 32.3 Å². The van der Waals surface area contributed by atoms with Gasteiger partial charge in [0, 0.05) is 31.9 Å². The molecule has 1 aliphatic rings. The standard InChI is InChI=1S/C19H22N2O3/c1-21(2)19(22)15-7-8-16(20-11-15)10-13-9-14-5-4-6-17(23-3)18(14)24-12-13/h4-8,11,13H,9-10,12H2,1-3H3/t13-/m1/s1. The first-order valence-corrected chi connectivity index (χ1v) is 8.03. The summed E-state index contributed by atoms with van der Waals surface area (Å²) in [6, 6.07) is 9.75. The van der Waals surface area contributed by atoms with Gasteiger partial charge in [-0.2, -0.15) is 0 Å². The van der Waals surface area contributed by atoms with Crippen LogP contribution in [0.2, 0.25) is 0 Å². The summed E-state index contributed by atoms with van der Waals surface area (Å²) in [7, 11) is 5.13. The number of carbonyl (C=O) groups is 1. The van der Waals surface area contributed by atoms with Crippen molar-refractivity contribution in [2.45, 2.75) is 12.8 Å². The fourth-order valence-electron chi connectivity index (χ4n) is 2.97. The van der Waals surface area contributed by atoms with E-state index < -0.39 is 0 Å². The predicted molar refractivity (Wildman–Crippen MR) is 91.6 cm³/mol. The van der Waals surface area contributed by atoms with Gasteiger partial charge in [0.1, 0.15) is 0 Å². The van der Waals surface area contributed by atoms with E-state index >= 15 is 0 Å². The molecular formula is C19H22N2O3. The van der Waals surface area contributed by atoms with Crippen LogP contribution < -0.4 is 9.47 Å². The van der Waals surface area contributed by atoms with Crippen molar-refractivity contribution in [2.75, 3.05) is 27.8 Å². The zero-order valence-corrected chi connectivity index (χ0v) is 14.3. The Bertz CT molecular complexity index is 726. The predicted octanol–water partition coefficient (Wildman–Crippen LogP) is 2.59. The van der Waals surface area contributed by atoms with E-state index in [0.29, 0.717) is 18.1 Å². The van der Waals surface area contributed by atoms with Crippen LogP contribution in [-0.2, 0) is 12.8 Å². The Morgan fingerprint density at radius 2 is 2.17 bits per heavy atom. The van der Waals surface area contributed by atoms with Crippen molar-refractivity contribution < 1.29 is 14.3 Å². The Morgan fingerprint density at radius 1 is 1.33 bits per heavy atom. The van der Waals surface area contributed by atoms with E-state index in [9.17, 15) is 4.79 Å². The second-order valence-electron chi connectivity index (χ2n) is 6.27. The quantitative estimate of drug-likeness (QED) is 0.866. The summed E-state index contributed by atoms with van der Waals surface area (Å²) in [6.07, 6.45) is 3.41. The molecule has 5 nitrogen and oxygen atoms in total. The van der Waals surface area contributed by atoms with Crippen LogP contribution >= 0.6 is 0 Å². The van der Waals surface area contributed by atoms with Crippen molar-refractivity contribution in [3.63, 3.8) is 0 Å². The average Bonchev–Trinajstić information content (AvgIpc) is 2.61. The smallest absolute Gasteiger partial charge is 0.254 e. The zero-order chi connectivity index (χ0) is 17.1. The molecule has 24 heavy (non-hydrogen) atoms. The third kappa shape index (κ3) is 3.35. The molecule has 0 unspecified atom stereocenters. The molecule has 0 radical (unpaired) electrons. The molecule has 3 rings (SSSR count). The zero-order valence-electron chi connectivity index (χ0n) is 14.3. The highest BCUT2D eigenvalue weighted by molar-refractivity contribution is 5.93. The van der Waals surface area contributed by atoms with Gasteiger partial charge in [0.25, 0.3) is 5.91 Å². The molecule has 0 spiro atoms. The second kappa shape index (κ2) is 6.91. The molecule has 0 bridgehead atoms.